The molecule has 13 heavy (non-hydrogen) atoms. The summed E-state index contributed by atoms with van der Waals surface area (Å²) in [5.74, 6) is 0. The lowest BCUT2D eigenvalue weighted by Crippen LogP contribution is -1.92. The molecule has 0 radical (unpaired) electrons. The van der Waals surface area contributed by atoms with Crippen LogP contribution in [0.3, 0.4) is 0 Å². The van der Waals surface area contributed by atoms with E-state index in [1.807, 2.05) is 24.3 Å². The van der Waals surface area contributed by atoms with Crippen molar-refractivity contribution in [2.45, 2.75) is 0 Å². The Balaban J connectivity index is 2.34. The minimum absolute atomic E-state index is 0.558. The van der Waals surface area contributed by atoms with Gasteiger partial charge in [-0.15, -0.1) is 11.8 Å². The third-order valence-corrected chi connectivity index (χ3v) is 2.46. The van der Waals surface area contributed by atoms with Crippen molar-refractivity contribution < 1.29 is 0 Å². The van der Waals surface area contributed by atoms with Crippen LogP contribution in [-0.4, -0.2) is 5.71 Å². The van der Waals surface area contributed by atoms with Gasteiger partial charge in [0.1, 0.15) is 0 Å². The predicted molar refractivity (Wildman–Crippen MR) is 58.9 cm³/mol. The number of thioether (sulfide) groups is 1. The molecular weight excluding hydrogens is 178 g/mol. The molecule has 2 heteroatoms. The molecule has 64 valence electrons. The molecule has 0 aromatic rings. The average molecular weight is 187 g/mol. The Bertz CT molecular complexity index is 349. The number of rotatable bonds is 0. The molecule has 0 aromatic heterocycles. The van der Waals surface area contributed by atoms with E-state index in [1.165, 1.54) is 11.1 Å². The number of allylic oxidation sites excluding steroid dienone is 8. The Labute approximate surface area is 81.7 Å². The van der Waals surface area contributed by atoms with Gasteiger partial charge in [-0.1, -0.05) is 12.2 Å². The summed E-state index contributed by atoms with van der Waals surface area (Å²) in [7, 11) is 0. The molecule has 0 atom stereocenters. The van der Waals surface area contributed by atoms with E-state index in [1.54, 1.807) is 11.8 Å². The Morgan fingerprint density at radius 3 is 1.92 bits per heavy atom. The van der Waals surface area contributed by atoms with Crippen molar-refractivity contribution in [3.63, 3.8) is 0 Å². The SMILES string of the molecule is N=C1C=CC(=C2C=CSC=C2)C=C1. The van der Waals surface area contributed by atoms with Crippen LogP contribution in [0.4, 0.5) is 0 Å². The largest absolute Gasteiger partial charge is 0.301 e. The highest BCUT2D eigenvalue weighted by Gasteiger charge is 2.01. The first-order chi connectivity index (χ1) is 6.36. The topological polar surface area (TPSA) is 23.9 Å². The summed E-state index contributed by atoms with van der Waals surface area (Å²) in [5.41, 5.74) is 2.94. The quantitative estimate of drug-likeness (QED) is 0.618. The van der Waals surface area contributed by atoms with Gasteiger partial charge in [-0.05, 0) is 46.3 Å². The van der Waals surface area contributed by atoms with E-state index >= 15 is 0 Å². The van der Waals surface area contributed by atoms with E-state index in [4.69, 9.17) is 5.41 Å². The average Bonchev–Trinajstić information content (AvgIpc) is 2.20. The van der Waals surface area contributed by atoms with Gasteiger partial charge in [0.25, 0.3) is 0 Å². The van der Waals surface area contributed by atoms with Crippen molar-refractivity contribution >= 4 is 17.5 Å². The summed E-state index contributed by atoms with van der Waals surface area (Å²) < 4.78 is 0. The molecule has 0 saturated heterocycles. The molecule has 0 unspecified atom stereocenters. The summed E-state index contributed by atoms with van der Waals surface area (Å²) in [4.78, 5) is 0. The zero-order valence-corrected chi connectivity index (χ0v) is 7.84. The summed E-state index contributed by atoms with van der Waals surface area (Å²) >= 11 is 1.68. The first-order valence-corrected chi connectivity index (χ1v) is 4.98. The molecule has 1 heterocycles. The highest BCUT2D eigenvalue weighted by atomic mass is 32.2. The fraction of sp³-hybridized carbons (Fsp3) is 0. The number of nitrogens with one attached hydrogen (secondary N) is 1. The van der Waals surface area contributed by atoms with Gasteiger partial charge in [0, 0.05) is 0 Å². The third kappa shape index (κ3) is 1.90. The highest BCUT2D eigenvalue weighted by Crippen LogP contribution is 2.21. The molecule has 0 aromatic carbocycles. The van der Waals surface area contributed by atoms with E-state index in [9.17, 15) is 0 Å². The second-order valence-corrected chi connectivity index (χ2v) is 3.59. The first-order valence-electron chi connectivity index (χ1n) is 4.04. The van der Waals surface area contributed by atoms with Crippen molar-refractivity contribution in [2.24, 2.45) is 0 Å². The molecule has 1 aliphatic carbocycles. The van der Waals surface area contributed by atoms with E-state index in [-0.39, 0.29) is 0 Å². The zero-order chi connectivity index (χ0) is 9.10. The molecule has 0 fully saturated rings. The zero-order valence-electron chi connectivity index (χ0n) is 7.03. The third-order valence-electron chi connectivity index (χ3n) is 1.87. The molecule has 2 rings (SSSR count). The Hall–Kier alpha value is -1.28. The van der Waals surface area contributed by atoms with Crippen LogP contribution in [-0.2, 0) is 0 Å². The molecular formula is C11H9NS. The normalized spacial score (nSPS) is 20.2. The van der Waals surface area contributed by atoms with E-state index in [0.717, 1.165) is 0 Å². The summed E-state index contributed by atoms with van der Waals surface area (Å²) in [6.07, 6.45) is 11.7. The molecule has 1 nitrogen and oxygen atoms in total. The fourth-order valence-corrected chi connectivity index (χ4v) is 1.72. The maximum Gasteiger partial charge on any atom is 0.0540 e. The maximum absolute atomic E-state index is 7.36. The monoisotopic (exact) mass is 187 g/mol. The summed E-state index contributed by atoms with van der Waals surface area (Å²) in [6.45, 7) is 0. The van der Waals surface area contributed by atoms with Crippen LogP contribution in [0.1, 0.15) is 0 Å². The van der Waals surface area contributed by atoms with Gasteiger partial charge >= 0.3 is 0 Å². The van der Waals surface area contributed by atoms with Crippen LogP contribution in [0.25, 0.3) is 0 Å². The summed E-state index contributed by atoms with van der Waals surface area (Å²) in [6, 6.07) is 0. The molecule has 1 N–H and O–H groups in total. The molecule has 0 bridgehead atoms. The Kier molecular flexibility index (Phi) is 2.32. The predicted octanol–water partition coefficient (Wildman–Crippen LogP) is 3.20. The van der Waals surface area contributed by atoms with E-state index in [0.29, 0.717) is 5.71 Å². The van der Waals surface area contributed by atoms with Crippen molar-refractivity contribution in [3.8, 4) is 0 Å². The molecule has 0 saturated carbocycles. The van der Waals surface area contributed by atoms with Crippen LogP contribution in [0.2, 0.25) is 0 Å². The lowest BCUT2D eigenvalue weighted by atomic mass is 10.0. The second-order valence-electron chi connectivity index (χ2n) is 2.77. The van der Waals surface area contributed by atoms with Gasteiger partial charge in [-0.25, -0.2) is 0 Å². The van der Waals surface area contributed by atoms with Gasteiger partial charge in [0.15, 0.2) is 0 Å². The van der Waals surface area contributed by atoms with E-state index in [2.05, 4.69) is 23.0 Å². The van der Waals surface area contributed by atoms with Crippen molar-refractivity contribution in [1.82, 2.24) is 0 Å². The lowest BCUT2D eigenvalue weighted by Gasteiger charge is -2.06. The minimum atomic E-state index is 0.558. The van der Waals surface area contributed by atoms with Gasteiger partial charge < -0.3 is 5.41 Å². The van der Waals surface area contributed by atoms with Crippen LogP contribution in [0.15, 0.2) is 58.4 Å². The molecule has 0 spiro atoms. The fourth-order valence-electron chi connectivity index (χ4n) is 1.18. The smallest absolute Gasteiger partial charge is 0.0540 e. The number of hydrogen-bond donors (Lipinski definition) is 1. The highest BCUT2D eigenvalue weighted by molar-refractivity contribution is 8.04. The van der Waals surface area contributed by atoms with Crippen molar-refractivity contribution in [3.05, 3.63) is 58.4 Å². The maximum atomic E-state index is 7.36. The lowest BCUT2D eigenvalue weighted by molar-refractivity contribution is 1.49. The van der Waals surface area contributed by atoms with Crippen molar-refractivity contribution in [2.75, 3.05) is 0 Å². The second kappa shape index (κ2) is 3.62. The minimum Gasteiger partial charge on any atom is -0.301 e. The van der Waals surface area contributed by atoms with Gasteiger partial charge in [0.05, 0.1) is 5.71 Å². The van der Waals surface area contributed by atoms with Gasteiger partial charge in [-0.3, -0.25) is 0 Å². The van der Waals surface area contributed by atoms with Crippen LogP contribution < -0.4 is 0 Å². The Morgan fingerprint density at radius 2 is 1.31 bits per heavy atom. The standard InChI is InChI=1S/C11H9NS/c12-11-3-1-9(2-4-11)10-5-7-13-8-6-10/h1-8,12H. The van der Waals surface area contributed by atoms with E-state index < -0.39 is 0 Å². The van der Waals surface area contributed by atoms with Crippen LogP contribution >= 0.6 is 11.8 Å². The summed E-state index contributed by atoms with van der Waals surface area (Å²) in [5, 5.41) is 11.5. The molecule has 1 aliphatic heterocycles. The first kappa shape index (κ1) is 8.32. The number of hydrogen-bond acceptors (Lipinski definition) is 2. The van der Waals surface area contributed by atoms with Gasteiger partial charge in [0.2, 0.25) is 0 Å². The van der Waals surface area contributed by atoms with Crippen molar-refractivity contribution in [1.29, 1.82) is 5.41 Å². The molecule has 0 amide bonds. The Morgan fingerprint density at radius 1 is 0.769 bits per heavy atom. The van der Waals surface area contributed by atoms with Crippen LogP contribution in [0.5, 0.6) is 0 Å². The van der Waals surface area contributed by atoms with Crippen LogP contribution in [0, 0.1) is 5.41 Å². The van der Waals surface area contributed by atoms with Gasteiger partial charge in [-0.2, -0.15) is 0 Å². The molecule has 2 aliphatic rings.